The van der Waals surface area contributed by atoms with Crippen LogP contribution < -0.4 is 16.1 Å². The smallest absolute Gasteiger partial charge is 0.414 e. The van der Waals surface area contributed by atoms with Gasteiger partial charge in [-0.25, -0.2) is 14.5 Å². The van der Waals surface area contributed by atoms with Crippen molar-refractivity contribution in [1.29, 1.82) is 0 Å². The van der Waals surface area contributed by atoms with Gasteiger partial charge in [0.15, 0.2) is 18.3 Å². The van der Waals surface area contributed by atoms with Gasteiger partial charge in [0.05, 0.1) is 5.69 Å². The minimum Gasteiger partial charge on any atom is -0.465 e. The number of nitrogens with one attached hydrogen (secondary N) is 1. The topological polar surface area (TPSA) is 157 Å². The Labute approximate surface area is 165 Å². The SMILES string of the molecule is Cc1cc(C)c(N(C(=O)O)[C@@H]2O[C@@H](n3ccc(NO)nc3=O)[C@H](O)[C@@H]2O)c(C)c1. The minimum atomic E-state index is -1.63. The van der Waals surface area contributed by atoms with E-state index in [4.69, 9.17) is 9.94 Å². The molecular weight excluding hydrogens is 384 g/mol. The number of rotatable bonds is 4. The number of aliphatic hydroxyl groups is 2. The fourth-order valence-corrected chi connectivity index (χ4v) is 3.64. The number of hydrogen-bond donors (Lipinski definition) is 5. The van der Waals surface area contributed by atoms with Crippen molar-refractivity contribution in [3.63, 3.8) is 0 Å². The second kappa shape index (κ2) is 7.79. The lowest BCUT2D eigenvalue weighted by atomic mass is 10.0. The van der Waals surface area contributed by atoms with Gasteiger partial charge in [0.25, 0.3) is 0 Å². The average molecular weight is 406 g/mol. The van der Waals surface area contributed by atoms with Gasteiger partial charge >= 0.3 is 11.8 Å². The number of aromatic nitrogens is 2. The van der Waals surface area contributed by atoms with Gasteiger partial charge in [-0.2, -0.15) is 4.98 Å². The zero-order valence-corrected chi connectivity index (χ0v) is 16.0. The monoisotopic (exact) mass is 406 g/mol. The molecule has 1 aromatic heterocycles. The van der Waals surface area contributed by atoms with E-state index in [0.717, 1.165) is 15.0 Å². The molecule has 0 aliphatic carbocycles. The van der Waals surface area contributed by atoms with Crippen LogP contribution in [0.15, 0.2) is 29.2 Å². The zero-order valence-electron chi connectivity index (χ0n) is 16.0. The highest BCUT2D eigenvalue weighted by atomic mass is 16.6. The number of ether oxygens (including phenoxy) is 1. The van der Waals surface area contributed by atoms with Crippen LogP contribution in [0, 0.1) is 20.8 Å². The van der Waals surface area contributed by atoms with Gasteiger partial charge in [-0.05, 0) is 38.0 Å². The Balaban J connectivity index is 2.02. The van der Waals surface area contributed by atoms with Gasteiger partial charge in [0.1, 0.15) is 12.2 Å². The van der Waals surface area contributed by atoms with Gasteiger partial charge in [-0.1, -0.05) is 17.7 Å². The molecule has 4 atom stereocenters. The van der Waals surface area contributed by atoms with Gasteiger partial charge < -0.3 is 20.1 Å². The number of aryl methyl sites for hydroxylation is 3. The predicted molar refractivity (Wildman–Crippen MR) is 101 cm³/mol. The second-order valence-electron chi connectivity index (χ2n) is 6.91. The van der Waals surface area contributed by atoms with Gasteiger partial charge in [0.2, 0.25) is 0 Å². The lowest BCUT2D eigenvalue weighted by Gasteiger charge is -2.30. The summed E-state index contributed by atoms with van der Waals surface area (Å²) in [5.74, 6) is -0.117. The number of hydrogen-bond acceptors (Lipinski definition) is 8. The molecule has 0 saturated carbocycles. The van der Waals surface area contributed by atoms with Crippen molar-refractivity contribution in [2.75, 3.05) is 10.4 Å². The number of nitrogens with zero attached hydrogens (tertiary/aromatic N) is 3. The molecule has 1 aliphatic rings. The molecule has 0 radical (unpaired) electrons. The van der Waals surface area contributed by atoms with Crippen LogP contribution in [-0.2, 0) is 4.74 Å². The van der Waals surface area contributed by atoms with Crippen LogP contribution in [0.4, 0.5) is 16.3 Å². The van der Waals surface area contributed by atoms with Crippen LogP contribution in [0.1, 0.15) is 22.9 Å². The Hall–Kier alpha value is -2.99. The highest BCUT2D eigenvalue weighted by Crippen LogP contribution is 2.36. The van der Waals surface area contributed by atoms with Crippen molar-refractivity contribution in [3.05, 3.63) is 51.6 Å². The summed E-state index contributed by atoms with van der Waals surface area (Å²) in [7, 11) is 0. The zero-order chi connectivity index (χ0) is 21.5. The summed E-state index contributed by atoms with van der Waals surface area (Å²) in [6.45, 7) is 5.34. The molecule has 11 heteroatoms. The van der Waals surface area contributed by atoms with Crippen molar-refractivity contribution >= 4 is 17.6 Å². The third kappa shape index (κ3) is 3.68. The van der Waals surface area contributed by atoms with E-state index in [-0.39, 0.29) is 5.82 Å². The first-order valence-electron chi connectivity index (χ1n) is 8.76. The molecule has 1 fully saturated rings. The summed E-state index contributed by atoms with van der Waals surface area (Å²) < 4.78 is 6.54. The summed E-state index contributed by atoms with van der Waals surface area (Å²) in [6, 6.07) is 4.84. The van der Waals surface area contributed by atoms with E-state index in [0.29, 0.717) is 16.8 Å². The van der Waals surface area contributed by atoms with Crippen LogP contribution >= 0.6 is 0 Å². The molecule has 29 heavy (non-hydrogen) atoms. The maximum absolute atomic E-state index is 12.2. The lowest BCUT2D eigenvalue weighted by molar-refractivity contribution is -0.0391. The van der Waals surface area contributed by atoms with Crippen molar-refractivity contribution in [3.8, 4) is 0 Å². The molecule has 156 valence electrons. The molecule has 1 aromatic carbocycles. The molecule has 1 saturated heterocycles. The van der Waals surface area contributed by atoms with E-state index >= 15 is 0 Å². The number of carboxylic acid groups (broad SMARTS) is 1. The molecular formula is C18H22N4O7. The fourth-order valence-electron chi connectivity index (χ4n) is 3.64. The van der Waals surface area contributed by atoms with Crippen molar-refractivity contribution in [2.24, 2.45) is 0 Å². The van der Waals surface area contributed by atoms with E-state index in [1.165, 1.54) is 12.3 Å². The number of anilines is 2. The standard InChI is InChI=1S/C18H22N4O7/c1-8-6-9(2)12(10(3)7-8)22(18(26)27)16-14(24)13(23)15(29-16)21-5-4-11(20-28)19-17(21)25/h4-7,13-16,23-24,28H,1-3H3,(H,26,27)(H,19,20,25)/t13-,14+,15-,16-/m1/s1. The largest absolute Gasteiger partial charge is 0.465 e. The summed E-state index contributed by atoms with van der Waals surface area (Å²) in [4.78, 5) is 28.6. The van der Waals surface area contributed by atoms with E-state index in [9.17, 15) is 24.9 Å². The Morgan fingerprint density at radius 1 is 1.21 bits per heavy atom. The molecule has 2 aromatic rings. The lowest BCUT2D eigenvalue weighted by Crippen LogP contribution is -2.47. The molecule has 1 aliphatic heterocycles. The third-order valence-electron chi connectivity index (χ3n) is 4.77. The third-order valence-corrected chi connectivity index (χ3v) is 4.77. The number of benzene rings is 1. The first-order chi connectivity index (χ1) is 13.6. The molecule has 5 N–H and O–H groups in total. The summed E-state index contributed by atoms with van der Waals surface area (Å²) >= 11 is 0. The minimum absolute atomic E-state index is 0.117. The van der Waals surface area contributed by atoms with Gasteiger partial charge in [0, 0.05) is 6.20 Å². The Morgan fingerprint density at radius 2 is 1.83 bits per heavy atom. The fraction of sp³-hybridized carbons (Fsp3) is 0.389. The van der Waals surface area contributed by atoms with Crippen molar-refractivity contribution < 1.29 is 30.1 Å². The van der Waals surface area contributed by atoms with Crippen molar-refractivity contribution in [1.82, 2.24) is 9.55 Å². The van der Waals surface area contributed by atoms with Crippen LogP contribution in [0.3, 0.4) is 0 Å². The van der Waals surface area contributed by atoms with E-state index in [2.05, 4.69) is 4.98 Å². The maximum Gasteiger partial charge on any atom is 0.414 e. The summed E-state index contributed by atoms with van der Waals surface area (Å²) in [6.07, 6.45) is -6.25. The highest BCUT2D eigenvalue weighted by Gasteiger charge is 2.49. The van der Waals surface area contributed by atoms with Crippen LogP contribution in [-0.4, -0.2) is 54.6 Å². The van der Waals surface area contributed by atoms with Gasteiger partial charge in [-0.15, -0.1) is 0 Å². The quantitative estimate of drug-likeness (QED) is 0.462. The molecule has 2 heterocycles. The molecule has 11 nitrogen and oxygen atoms in total. The molecule has 0 bridgehead atoms. The predicted octanol–water partition coefficient (Wildman–Crippen LogP) is 0.731. The molecule has 0 spiro atoms. The van der Waals surface area contributed by atoms with E-state index in [1.54, 1.807) is 31.5 Å². The second-order valence-corrected chi connectivity index (χ2v) is 6.91. The van der Waals surface area contributed by atoms with Crippen LogP contribution in [0.25, 0.3) is 0 Å². The number of amides is 1. The number of aliphatic hydroxyl groups excluding tert-OH is 2. The first kappa shape index (κ1) is 20.7. The first-order valence-corrected chi connectivity index (χ1v) is 8.76. The Bertz CT molecular complexity index is 969. The Morgan fingerprint density at radius 3 is 2.34 bits per heavy atom. The van der Waals surface area contributed by atoms with Crippen LogP contribution in [0.5, 0.6) is 0 Å². The molecule has 1 amide bonds. The Kier molecular flexibility index (Phi) is 5.57. The average Bonchev–Trinajstić information content (AvgIpc) is 2.92. The van der Waals surface area contributed by atoms with Gasteiger partial charge in [-0.3, -0.25) is 15.3 Å². The molecule has 3 rings (SSSR count). The normalized spacial score (nSPS) is 23.8. The van der Waals surface area contributed by atoms with Crippen molar-refractivity contribution in [2.45, 2.75) is 45.4 Å². The van der Waals surface area contributed by atoms with E-state index < -0.39 is 36.4 Å². The van der Waals surface area contributed by atoms with E-state index in [1.807, 2.05) is 6.92 Å². The van der Waals surface area contributed by atoms with Crippen LogP contribution in [0.2, 0.25) is 0 Å². The number of carbonyl (C=O) groups is 1. The summed E-state index contributed by atoms with van der Waals surface area (Å²) in [5.41, 5.74) is 3.42. The molecule has 0 unspecified atom stereocenters. The maximum atomic E-state index is 12.2. The highest BCUT2D eigenvalue weighted by molar-refractivity contribution is 5.89. The summed E-state index contributed by atoms with van der Waals surface area (Å²) in [5, 5.41) is 39.6.